The molecule has 0 spiro atoms. The first-order valence-corrected chi connectivity index (χ1v) is 6.82. The predicted octanol–water partition coefficient (Wildman–Crippen LogP) is 3.92. The highest BCUT2D eigenvalue weighted by Gasteiger charge is 2.14. The molecule has 1 aromatic heterocycles. The lowest BCUT2D eigenvalue weighted by atomic mass is 10.1. The Morgan fingerprint density at radius 3 is 2.64 bits per heavy atom. The number of rotatable bonds is 6. The summed E-state index contributed by atoms with van der Waals surface area (Å²) in [5, 5.41) is 2.95. The van der Waals surface area contributed by atoms with Crippen LogP contribution in [0.25, 0.3) is 0 Å². The van der Waals surface area contributed by atoms with Crippen molar-refractivity contribution in [3.8, 4) is 11.6 Å². The minimum atomic E-state index is -2.88. The van der Waals surface area contributed by atoms with Crippen LogP contribution in [0.2, 0.25) is 0 Å². The zero-order valence-electron chi connectivity index (χ0n) is 12.7. The molecule has 0 radical (unpaired) electrons. The summed E-state index contributed by atoms with van der Waals surface area (Å²) >= 11 is 0. The van der Waals surface area contributed by atoms with E-state index in [4.69, 9.17) is 4.74 Å². The average molecular weight is 308 g/mol. The van der Waals surface area contributed by atoms with E-state index in [-0.39, 0.29) is 12.4 Å². The second kappa shape index (κ2) is 7.06. The molecule has 0 bridgehead atoms. The third-order valence-electron chi connectivity index (χ3n) is 3.16. The number of aryl methyl sites for hydroxylation is 2. The first kappa shape index (κ1) is 16.0. The lowest BCUT2D eigenvalue weighted by Crippen LogP contribution is -2.09. The van der Waals surface area contributed by atoms with Gasteiger partial charge in [0.05, 0.1) is 5.56 Å². The monoisotopic (exact) mass is 308 g/mol. The molecule has 2 rings (SSSR count). The van der Waals surface area contributed by atoms with E-state index < -0.39 is 6.61 Å². The molecule has 0 saturated carbocycles. The van der Waals surface area contributed by atoms with Gasteiger partial charge in [0, 0.05) is 24.0 Å². The second-order valence-electron chi connectivity index (χ2n) is 4.77. The Kier molecular flexibility index (Phi) is 5.14. The van der Waals surface area contributed by atoms with Gasteiger partial charge in [-0.2, -0.15) is 8.78 Å². The van der Waals surface area contributed by atoms with Gasteiger partial charge in [0.15, 0.2) is 0 Å². The van der Waals surface area contributed by atoms with E-state index in [0.29, 0.717) is 17.1 Å². The molecule has 118 valence electrons. The molecule has 0 aliphatic heterocycles. The van der Waals surface area contributed by atoms with Gasteiger partial charge in [-0.05, 0) is 32.0 Å². The van der Waals surface area contributed by atoms with Crippen LogP contribution in [-0.4, -0.2) is 18.6 Å². The fourth-order valence-electron chi connectivity index (χ4n) is 2.04. The Bertz CT molecular complexity index is 648. The van der Waals surface area contributed by atoms with Gasteiger partial charge in [-0.3, -0.25) is 0 Å². The highest BCUT2D eigenvalue weighted by atomic mass is 19.3. The van der Waals surface area contributed by atoms with E-state index in [1.54, 1.807) is 19.2 Å². The van der Waals surface area contributed by atoms with Gasteiger partial charge in [-0.1, -0.05) is 12.1 Å². The summed E-state index contributed by atoms with van der Waals surface area (Å²) in [6, 6.07) is 8.69. The molecule has 1 aromatic carbocycles. The lowest BCUT2D eigenvalue weighted by molar-refractivity contribution is -0.0508. The van der Waals surface area contributed by atoms with Crippen LogP contribution in [0.3, 0.4) is 0 Å². The van der Waals surface area contributed by atoms with Crippen molar-refractivity contribution < 1.29 is 18.3 Å². The van der Waals surface area contributed by atoms with Crippen LogP contribution in [0.4, 0.5) is 14.5 Å². The van der Waals surface area contributed by atoms with Gasteiger partial charge in [0.1, 0.15) is 12.4 Å². The van der Waals surface area contributed by atoms with E-state index in [2.05, 4.69) is 15.0 Å². The number of hydrogen-bond acceptors (Lipinski definition) is 4. The highest BCUT2D eigenvalue weighted by molar-refractivity contribution is 5.57. The van der Waals surface area contributed by atoms with E-state index in [9.17, 15) is 8.78 Å². The number of pyridine rings is 1. The van der Waals surface area contributed by atoms with Gasteiger partial charge in [0.2, 0.25) is 5.88 Å². The maximum Gasteiger partial charge on any atom is 0.387 e. The zero-order valence-corrected chi connectivity index (χ0v) is 12.7. The number of aromatic nitrogens is 1. The summed E-state index contributed by atoms with van der Waals surface area (Å²) in [5.41, 5.74) is 2.90. The molecule has 0 aliphatic carbocycles. The minimum absolute atomic E-state index is 0.0797. The van der Waals surface area contributed by atoms with Crippen LogP contribution < -0.4 is 14.8 Å². The molecule has 0 aliphatic rings. The van der Waals surface area contributed by atoms with E-state index >= 15 is 0 Å². The summed E-state index contributed by atoms with van der Waals surface area (Å²) in [4.78, 5) is 4.30. The van der Waals surface area contributed by atoms with E-state index in [1.165, 1.54) is 6.07 Å². The molecule has 22 heavy (non-hydrogen) atoms. The Balaban J connectivity index is 2.25. The van der Waals surface area contributed by atoms with Crippen molar-refractivity contribution in [2.45, 2.75) is 27.1 Å². The third kappa shape index (κ3) is 3.84. The number of nitrogens with one attached hydrogen (secondary N) is 1. The molecule has 6 heteroatoms. The Morgan fingerprint density at radius 2 is 1.95 bits per heavy atom. The molecule has 4 nitrogen and oxygen atoms in total. The van der Waals surface area contributed by atoms with Crippen LogP contribution in [0.1, 0.15) is 16.8 Å². The first-order chi connectivity index (χ1) is 10.5. The van der Waals surface area contributed by atoms with Gasteiger partial charge in [-0.25, -0.2) is 4.98 Å². The quantitative estimate of drug-likeness (QED) is 0.878. The lowest BCUT2D eigenvalue weighted by Gasteiger charge is -2.16. The second-order valence-corrected chi connectivity index (χ2v) is 4.77. The minimum Gasteiger partial charge on any atom is -0.472 e. The molecule has 0 fully saturated rings. The van der Waals surface area contributed by atoms with Gasteiger partial charge in [-0.15, -0.1) is 0 Å². The number of benzene rings is 1. The highest BCUT2D eigenvalue weighted by Crippen LogP contribution is 2.29. The normalized spacial score (nSPS) is 10.6. The standard InChI is InChI=1S/C16H18F2N2O2/c1-10-7-8-11(2)20-15(10)21-9-12-13(19-3)5-4-6-14(12)22-16(17)18/h4-8,16,19H,9H2,1-3H3. The fourth-order valence-corrected chi connectivity index (χ4v) is 2.04. The van der Waals surface area contributed by atoms with Crippen molar-refractivity contribution in [1.29, 1.82) is 0 Å². The van der Waals surface area contributed by atoms with E-state index in [0.717, 1.165) is 11.3 Å². The summed E-state index contributed by atoms with van der Waals surface area (Å²) in [6.07, 6.45) is 0. The summed E-state index contributed by atoms with van der Waals surface area (Å²) in [6.45, 7) is 0.933. The van der Waals surface area contributed by atoms with Gasteiger partial charge in [0.25, 0.3) is 0 Å². The first-order valence-electron chi connectivity index (χ1n) is 6.82. The smallest absolute Gasteiger partial charge is 0.387 e. The maximum atomic E-state index is 12.5. The van der Waals surface area contributed by atoms with Crippen LogP contribution in [0.15, 0.2) is 30.3 Å². The van der Waals surface area contributed by atoms with Crippen molar-refractivity contribution in [2.24, 2.45) is 0 Å². The molecular weight excluding hydrogens is 290 g/mol. The molecule has 0 amide bonds. The number of hydrogen-bond donors (Lipinski definition) is 1. The Labute approximate surface area is 128 Å². The molecular formula is C16H18F2N2O2. The Morgan fingerprint density at radius 1 is 1.18 bits per heavy atom. The van der Waals surface area contributed by atoms with Crippen molar-refractivity contribution in [1.82, 2.24) is 4.98 Å². The van der Waals surface area contributed by atoms with Gasteiger partial charge >= 0.3 is 6.61 Å². The van der Waals surface area contributed by atoms with Crippen LogP contribution in [0, 0.1) is 13.8 Å². The fraction of sp³-hybridized carbons (Fsp3) is 0.312. The molecule has 0 atom stereocenters. The Hall–Kier alpha value is -2.37. The van der Waals surface area contributed by atoms with E-state index in [1.807, 2.05) is 26.0 Å². The van der Waals surface area contributed by atoms with Crippen LogP contribution >= 0.6 is 0 Å². The zero-order chi connectivity index (χ0) is 16.1. The number of halogens is 2. The third-order valence-corrected chi connectivity index (χ3v) is 3.16. The maximum absolute atomic E-state index is 12.5. The molecule has 1 N–H and O–H groups in total. The number of alkyl halides is 2. The predicted molar refractivity (Wildman–Crippen MR) is 80.7 cm³/mol. The SMILES string of the molecule is CNc1cccc(OC(F)F)c1COc1nc(C)ccc1C. The molecule has 2 aromatic rings. The van der Waals surface area contributed by atoms with Crippen molar-refractivity contribution >= 4 is 5.69 Å². The number of ether oxygens (including phenoxy) is 2. The number of anilines is 1. The summed E-state index contributed by atoms with van der Waals surface area (Å²) in [7, 11) is 1.71. The largest absolute Gasteiger partial charge is 0.472 e. The average Bonchev–Trinajstić information content (AvgIpc) is 2.48. The molecule has 1 heterocycles. The molecule has 0 unspecified atom stereocenters. The number of nitrogens with zero attached hydrogens (tertiary/aromatic N) is 1. The molecule has 0 saturated heterocycles. The topological polar surface area (TPSA) is 43.4 Å². The van der Waals surface area contributed by atoms with Crippen molar-refractivity contribution in [2.75, 3.05) is 12.4 Å². The van der Waals surface area contributed by atoms with Gasteiger partial charge < -0.3 is 14.8 Å². The van der Waals surface area contributed by atoms with Crippen molar-refractivity contribution in [3.63, 3.8) is 0 Å². The van der Waals surface area contributed by atoms with Crippen LogP contribution in [0.5, 0.6) is 11.6 Å². The van der Waals surface area contributed by atoms with Crippen LogP contribution in [-0.2, 0) is 6.61 Å². The van der Waals surface area contributed by atoms with Crippen molar-refractivity contribution in [3.05, 3.63) is 47.2 Å². The summed E-state index contributed by atoms with van der Waals surface area (Å²) < 4.78 is 35.3. The summed E-state index contributed by atoms with van der Waals surface area (Å²) in [5.74, 6) is 0.570.